The highest BCUT2D eigenvalue weighted by Crippen LogP contribution is 2.19. The van der Waals surface area contributed by atoms with Crippen LogP contribution < -0.4 is 10.1 Å². The molecule has 3 aromatic rings. The van der Waals surface area contributed by atoms with Crippen LogP contribution >= 0.6 is 0 Å². The molecule has 1 aromatic heterocycles. The first-order chi connectivity index (χ1) is 12.4. The van der Waals surface area contributed by atoms with Crippen molar-refractivity contribution in [1.82, 2.24) is 9.78 Å². The molecule has 1 heterocycles. The fourth-order valence-electron chi connectivity index (χ4n) is 2.43. The van der Waals surface area contributed by atoms with Crippen LogP contribution in [0.25, 0.3) is 0 Å². The van der Waals surface area contributed by atoms with Crippen LogP contribution in [0, 0.1) is 25.5 Å². The minimum atomic E-state index is -0.851. The average Bonchev–Trinajstić information content (AvgIpc) is 3.06. The first-order valence-corrected chi connectivity index (χ1v) is 7.92. The molecular weight excluding hydrogens is 340 g/mol. The number of amides is 1. The van der Waals surface area contributed by atoms with E-state index in [1.807, 2.05) is 32.0 Å². The predicted molar refractivity (Wildman–Crippen MR) is 93.1 cm³/mol. The van der Waals surface area contributed by atoms with Crippen LogP contribution in [0.2, 0.25) is 0 Å². The van der Waals surface area contributed by atoms with Crippen molar-refractivity contribution in [2.45, 2.75) is 20.6 Å². The number of anilines is 1. The lowest BCUT2D eigenvalue weighted by Gasteiger charge is -2.09. The molecule has 0 aliphatic carbocycles. The van der Waals surface area contributed by atoms with Crippen LogP contribution in [0.3, 0.4) is 0 Å². The molecule has 0 saturated carbocycles. The smallest absolute Gasteiger partial charge is 0.276 e. The summed E-state index contributed by atoms with van der Waals surface area (Å²) in [6.45, 7) is 4.07. The number of hydrogen-bond donors (Lipinski definition) is 1. The van der Waals surface area contributed by atoms with Crippen molar-refractivity contribution in [3.63, 3.8) is 0 Å². The van der Waals surface area contributed by atoms with Crippen molar-refractivity contribution >= 4 is 11.6 Å². The Morgan fingerprint density at radius 1 is 1.15 bits per heavy atom. The van der Waals surface area contributed by atoms with Crippen LogP contribution in [-0.4, -0.2) is 15.7 Å². The summed E-state index contributed by atoms with van der Waals surface area (Å²) in [4.78, 5) is 12.1. The van der Waals surface area contributed by atoms with Crippen molar-refractivity contribution in [3.05, 3.63) is 77.1 Å². The fourth-order valence-corrected chi connectivity index (χ4v) is 2.43. The first-order valence-electron chi connectivity index (χ1n) is 7.92. The molecule has 1 N–H and O–H groups in total. The van der Waals surface area contributed by atoms with Gasteiger partial charge in [-0.2, -0.15) is 5.10 Å². The molecule has 0 bridgehead atoms. The van der Waals surface area contributed by atoms with E-state index in [2.05, 4.69) is 10.4 Å². The van der Waals surface area contributed by atoms with Gasteiger partial charge in [0.15, 0.2) is 12.4 Å². The summed E-state index contributed by atoms with van der Waals surface area (Å²) in [5, 5.41) is 6.46. The van der Waals surface area contributed by atoms with Gasteiger partial charge >= 0.3 is 0 Å². The van der Waals surface area contributed by atoms with Crippen molar-refractivity contribution in [3.8, 4) is 5.75 Å². The number of benzene rings is 2. The van der Waals surface area contributed by atoms with E-state index in [1.54, 1.807) is 6.20 Å². The van der Waals surface area contributed by atoms with Crippen LogP contribution in [-0.2, 0) is 6.73 Å². The molecule has 3 rings (SSSR count). The molecule has 5 nitrogen and oxygen atoms in total. The molecule has 1 amide bonds. The van der Waals surface area contributed by atoms with E-state index < -0.39 is 17.5 Å². The zero-order valence-electron chi connectivity index (χ0n) is 14.3. The van der Waals surface area contributed by atoms with Crippen molar-refractivity contribution in [2.75, 3.05) is 5.32 Å². The van der Waals surface area contributed by atoms with Gasteiger partial charge < -0.3 is 10.1 Å². The molecule has 0 saturated heterocycles. The van der Waals surface area contributed by atoms with E-state index in [9.17, 15) is 13.6 Å². The zero-order valence-corrected chi connectivity index (χ0v) is 14.3. The summed E-state index contributed by atoms with van der Waals surface area (Å²) >= 11 is 0. The Morgan fingerprint density at radius 3 is 2.69 bits per heavy atom. The third-order valence-electron chi connectivity index (χ3n) is 3.74. The van der Waals surface area contributed by atoms with Gasteiger partial charge in [0.05, 0.1) is 5.69 Å². The number of carbonyl (C=O) groups is 1. The monoisotopic (exact) mass is 357 g/mol. The molecule has 134 valence electrons. The van der Waals surface area contributed by atoms with Gasteiger partial charge in [0.1, 0.15) is 17.4 Å². The summed E-state index contributed by atoms with van der Waals surface area (Å²) in [5.41, 5.74) is 2.12. The number of aryl methyl sites for hydroxylation is 2. The number of rotatable bonds is 5. The lowest BCUT2D eigenvalue weighted by Crippen LogP contribution is -2.15. The van der Waals surface area contributed by atoms with Crippen LogP contribution in [0.1, 0.15) is 21.6 Å². The molecule has 0 unspecified atom stereocenters. The Balaban J connectivity index is 1.64. The molecule has 2 aromatic carbocycles. The van der Waals surface area contributed by atoms with Gasteiger partial charge in [0, 0.05) is 12.3 Å². The molecular formula is C19H17F2N3O2. The summed E-state index contributed by atoms with van der Waals surface area (Å²) in [6.07, 6.45) is 1.58. The summed E-state index contributed by atoms with van der Waals surface area (Å²) in [6, 6.07) is 10.2. The second kappa shape index (κ2) is 7.35. The molecule has 0 aliphatic rings. The van der Waals surface area contributed by atoms with Crippen LogP contribution in [0.5, 0.6) is 5.75 Å². The molecule has 0 atom stereocenters. The minimum absolute atomic E-state index is 0.0953. The van der Waals surface area contributed by atoms with Gasteiger partial charge in [-0.3, -0.25) is 4.79 Å². The van der Waals surface area contributed by atoms with Gasteiger partial charge in [0.25, 0.3) is 5.91 Å². The number of halogens is 2. The topological polar surface area (TPSA) is 56.1 Å². The largest absolute Gasteiger partial charge is 0.471 e. The molecule has 0 aliphatic heterocycles. The van der Waals surface area contributed by atoms with Gasteiger partial charge in [-0.05, 0) is 43.7 Å². The van der Waals surface area contributed by atoms with Crippen LogP contribution in [0.15, 0.2) is 48.7 Å². The maximum Gasteiger partial charge on any atom is 0.276 e. The Morgan fingerprint density at radius 2 is 1.96 bits per heavy atom. The van der Waals surface area contributed by atoms with Crippen molar-refractivity contribution < 1.29 is 18.3 Å². The second-order valence-electron chi connectivity index (χ2n) is 5.86. The zero-order chi connectivity index (χ0) is 18.7. The highest BCUT2D eigenvalue weighted by Gasteiger charge is 2.13. The molecule has 0 fully saturated rings. The van der Waals surface area contributed by atoms with E-state index in [0.29, 0.717) is 6.07 Å². The van der Waals surface area contributed by atoms with Gasteiger partial charge in [-0.25, -0.2) is 13.5 Å². The van der Waals surface area contributed by atoms with E-state index in [0.717, 1.165) is 29.0 Å². The minimum Gasteiger partial charge on any atom is -0.471 e. The SMILES string of the molecule is Cc1ccc(OCn2ccc(C(=O)Nc3ccc(F)cc3F)n2)c(C)c1. The molecule has 26 heavy (non-hydrogen) atoms. The second-order valence-corrected chi connectivity index (χ2v) is 5.86. The Kier molecular flexibility index (Phi) is 4.97. The quantitative estimate of drug-likeness (QED) is 0.749. The maximum atomic E-state index is 13.6. The maximum absolute atomic E-state index is 13.6. The van der Waals surface area contributed by atoms with Crippen molar-refractivity contribution in [1.29, 1.82) is 0 Å². The van der Waals surface area contributed by atoms with E-state index in [1.165, 1.54) is 10.7 Å². The normalized spacial score (nSPS) is 10.6. The van der Waals surface area contributed by atoms with Gasteiger partial charge in [-0.1, -0.05) is 17.7 Å². The highest BCUT2D eigenvalue weighted by molar-refractivity contribution is 6.02. The number of ether oxygens (including phenoxy) is 1. The first kappa shape index (κ1) is 17.6. The Hall–Kier alpha value is -3.22. The number of hydrogen-bond acceptors (Lipinski definition) is 3. The summed E-state index contributed by atoms with van der Waals surface area (Å²) < 4.78 is 33.7. The lowest BCUT2D eigenvalue weighted by molar-refractivity contribution is 0.101. The predicted octanol–water partition coefficient (Wildman–Crippen LogP) is 4.07. The third kappa shape index (κ3) is 4.05. The average molecular weight is 357 g/mol. The Labute approximate surface area is 149 Å². The molecule has 0 radical (unpaired) electrons. The van der Waals surface area contributed by atoms with E-state index in [4.69, 9.17) is 4.74 Å². The van der Waals surface area contributed by atoms with E-state index in [-0.39, 0.29) is 18.1 Å². The number of nitrogens with one attached hydrogen (secondary N) is 1. The lowest BCUT2D eigenvalue weighted by atomic mass is 10.1. The summed E-state index contributed by atoms with van der Waals surface area (Å²) in [7, 11) is 0. The van der Waals surface area contributed by atoms with Gasteiger partial charge in [0.2, 0.25) is 0 Å². The number of nitrogens with zero attached hydrogens (tertiary/aromatic N) is 2. The van der Waals surface area contributed by atoms with Crippen LogP contribution in [0.4, 0.5) is 14.5 Å². The highest BCUT2D eigenvalue weighted by atomic mass is 19.1. The molecule has 0 spiro atoms. The number of aromatic nitrogens is 2. The number of carbonyl (C=O) groups excluding carboxylic acids is 1. The third-order valence-corrected chi connectivity index (χ3v) is 3.74. The van der Waals surface area contributed by atoms with Gasteiger partial charge in [-0.15, -0.1) is 0 Å². The fraction of sp³-hybridized carbons (Fsp3) is 0.158. The standard InChI is InChI=1S/C19H17F2N3O2/c1-12-3-6-18(13(2)9-12)26-11-24-8-7-17(23-24)19(25)22-16-5-4-14(20)10-15(16)21/h3-10H,11H2,1-2H3,(H,22,25). The van der Waals surface area contributed by atoms with Crippen molar-refractivity contribution in [2.24, 2.45) is 0 Å². The molecule has 7 heteroatoms. The Bertz CT molecular complexity index is 954. The van der Waals surface area contributed by atoms with E-state index >= 15 is 0 Å². The summed E-state index contributed by atoms with van der Waals surface area (Å²) in [5.74, 6) is -1.43.